The highest BCUT2D eigenvalue weighted by Crippen LogP contribution is 2.32. The number of aromatic amines is 2. The van der Waals surface area contributed by atoms with Crippen LogP contribution in [0.25, 0.3) is 21.8 Å². The molecular formula is C16H12N2O2S. The first-order chi connectivity index (χ1) is 10.2. The molecule has 0 saturated carbocycles. The molecule has 0 amide bonds. The van der Waals surface area contributed by atoms with Crippen molar-refractivity contribution in [3.8, 4) is 0 Å². The zero-order chi connectivity index (χ0) is 14.4. The van der Waals surface area contributed by atoms with Crippen molar-refractivity contribution in [3.05, 3.63) is 60.9 Å². The van der Waals surface area contributed by atoms with E-state index >= 15 is 0 Å². The molecule has 0 bridgehead atoms. The molecule has 0 fully saturated rings. The smallest absolute Gasteiger partial charge is 0.210 e. The Balaban J connectivity index is 2.02. The SMILES string of the molecule is O=S(=O)(c1c[nH]c2ccccc12)c1c[nH]c2ccccc12. The summed E-state index contributed by atoms with van der Waals surface area (Å²) in [6.45, 7) is 0. The van der Waals surface area contributed by atoms with Crippen LogP contribution < -0.4 is 0 Å². The second-order valence-corrected chi connectivity index (χ2v) is 6.79. The molecule has 4 rings (SSSR count). The van der Waals surface area contributed by atoms with Crippen LogP contribution >= 0.6 is 0 Å². The number of aromatic nitrogens is 2. The van der Waals surface area contributed by atoms with E-state index in [9.17, 15) is 8.42 Å². The number of H-pyrrole nitrogens is 2. The van der Waals surface area contributed by atoms with Gasteiger partial charge in [0.15, 0.2) is 0 Å². The van der Waals surface area contributed by atoms with E-state index in [1.807, 2.05) is 48.5 Å². The van der Waals surface area contributed by atoms with Crippen LogP contribution in [0.1, 0.15) is 0 Å². The van der Waals surface area contributed by atoms with Gasteiger partial charge in [0.25, 0.3) is 0 Å². The van der Waals surface area contributed by atoms with Crippen LogP contribution in [-0.4, -0.2) is 18.4 Å². The number of hydrogen-bond donors (Lipinski definition) is 2. The maximum Gasteiger partial charge on any atom is 0.210 e. The van der Waals surface area contributed by atoms with E-state index < -0.39 is 9.84 Å². The van der Waals surface area contributed by atoms with Crippen LogP contribution in [0.3, 0.4) is 0 Å². The second kappa shape index (κ2) is 4.23. The quantitative estimate of drug-likeness (QED) is 0.594. The van der Waals surface area contributed by atoms with Gasteiger partial charge >= 0.3 is 0 Å². The van der Waals surface area contributed by atoms with Gasteiger partial charge in [-0.05, 0) is 12.1 Å². The third-order valence-corrected chi connectivity index (χ3v) is 5.52. The fraction of sp³-hybridized carbons (Fsp3) is 0. The van der Waals surface area contributed by atoms with Crippen molar-refractivity contribution < 1.29 is 8.42 Å². The molecule has 104 valence electrons. The minimum atomic E-state index is -3.57. The lowest BCUT2D eigenvalue weighted by atomic mass is 10.2. The van der Waals surface area contributed by atoms with E-state index in [4.69, 9.17) is 0 Å². The minimum Gasteiger partial charge on any atom is -0.360 e. The van der Waals surface area contributed by atoms with Gasteiger partial charge in [-0.1, -0.05) is 36.4 Å². The Bertz CT molecular complexity index is 978. The zero-order valence-corrected chi connectivity index (χ0v) is 11.8. The molecule has 0 aliphatic carbocycles. The molecule has 0 spiro atoms. The summed E-state index contributed by atoms with van der Waals surface area (Å²) in [6.07, 6.45) is 3.11. The lowest BCUT2D eigenvalue weighted by Gasteiger charge is -2.01. The Morgan fingerprint density at radius 1 is 0.667 bits per heavy atom. The van der Waals surface area contributed by atoms with Gasteiger partial charge in [-0.3, -0.25) is 0 Å². The second-order valence-electron chi connectivity index (χ2n) is 4.90. The van der Waals surface area contributed by atoms with Crippen molar-refractivity contribution in [2.24, 2.45) is 0 Å². The Kier molecular flexibility index (Phi) is 2.46. The molecule has 0 radical (unpaired) electrons. The van der Waals surface area contributed by atoms with Crippen LogP contribution in [0.15, 0.2) is 70.7 Å². The van der Waals surface area contributed by atoms with E-state index in [0.717, 1.165) is 11.0 Å². The fourth-order valence-corrected chi connectivity index (χ4v) is 4.25. The van der Waals surface area contributed by atoms with Gasteiger partial charge in [-0.15, -0.1) is 0 Å². The van der Waals surface area contributed by atoms with Gasteiger partial charge in [0.05, 0.1) is 9.79 Å². The summed E-state index contributed by atoms with van der Waals surface area (Å²) < 4.78 is 25.9. The first-order valence-electron chi connectivity index (χ1n) is 6.55. The van der Waals surface area contributed by atoms with Crippen molar-refractivity contribution in [3.63, 3.8) is 0 Å². The molecule has 0 atom stereocenters. The summed E-state index contributed by atoms with van der Waals surface area (Å²) in [7, 11) is -3.57. The van der Waals surface area contributed by atoms with Gasteiger partial charge < -0.3 is 9.97 Å². The van der Waals surface area contributed by atoms with Gasteiger partial charge in [-0.25, -0.2) is 8.42 Å². The van der Waals surface area contributed by atoms with E-state index in [1.54, 1.807) is 12.4 Å². The van der Waals surface area contributed by atoms with Gasteiger partial charge in [-0.2, -0.15) is 0 Å². The summed E-state index contributed by atoms with van der Waals surface area (Å²) in [6, 6.07) is 14.8. The summed E-state index contributed by atoms with van der Waals surface area (Å²) in [5.41, 5.74) is 1.63. The molecule has 0 unspecified atom stereocenters. The van der Waals surface area contributed by atoms with Crippen LogP contribution in [0.4, 0.5) is 0 Å². The standard InChI is InChI=1S/C16H12N2O2S/c19-21(20,15-9-17-13-7-3-1-5-11(13)15)16-10-18-14-8-4-2-6-12(14)16/h1-10,17-18H. The average molecular weight is 296 g/mol. The van der Waals surface area contributed by atoms with Crippen molar-refractivity contribution in [1.29, 1.82) is 0 Å². The summed E-state index contributed by atoms with van der Waals surface area (Å²) in [5, 5.41) is 1.42. The molecule has 2 N–H and O–H groups in total. The van der Waals surface area contributed by atoms with Crippen molar-refractivity contribution in [1.82, 2.24) is 9.97 Å². The van der Waals surface area contributed by atoms with Crippen molar-refractivity contribution in [2.45, 2.75) is 9.79 Å². The first-order valence-corrected chi connectivity index (χ1v) is 8.03. The summed E-state index contributed by atoms with van der Waals surface area (Å²) >= 11 is 0. The molecular weight excluding hydrogens is 284 g/mol. The molecule has 21 heavy (non-hydrogen) atoms. The van der Waals surface area contributed by atoms with Crippen LogP contribution in [0.5, 0.6) is 0 Å². The molecule has 0 aliphatic heterocycles. The largest absolute Gasteiger partial charge is 0.360 e. The molecule has 0 saturated heterocycles. The number of fused-ring (bicyclic) bond motifs is 2. The average Bonchev–Trinajstić information content (AvgIpc) is 3.12. The predicted molar refractivity (Wildman–Crippen MR) is 82.0 cm³/mol. The topological polar surface area (TPSA) is 65.7 Å². The summed E-state index contributed by atoms with van der Waals surface area (Å²) in [5.74, 6) is 0. The maximum atomic E-state index is 12.9. The molecule has 2 aromatic heterocycles. The number of sulfone groups is 1. The number of nitrogens with one attached hydrogen (secondary N) is 2. The summed E-state index contributed by atoms with van der Waals surface area (Å²) in [4.78, 5) is 6.65. The fourth-order valence-electron chi connectivity index (χ4n) is 2.65. The van der Waals surface area contributed by atoms with Crippen molar-refractivity contribution >= 4 is 31.6 Å². The van der Waals surface area contributed by atoms with E-state index in [-0.39, 0.29) is 0 Å². The molecule has 5 heteroatoms. The van der Waals surface area contributed by atoms with Gasteiger partial charge in [0, 0.05) is 34.2 Å². The van der Waals surface area contributed by atoms with E-state index in [1.165, 1.54) is 0 Å². The number of benzene rings is 2. The molecule has 2 heterocycles. The number of para-hydroxylation sites is 2. The van der Waals surface area contributed by atoms with Crippen LogP contribution in [0.2, 0.25) is 0 Å². The third-order valence-electron chi connectivity index (χ3n) is 3.68. The Morgan fingerprint density at radius 2 is 1.10 bits per heavy atom. The zero-order valence-electron chi connectivity index (χ0n) is 11.0. The maximum absolute atomic E-state index is 12.9. The Labute approximate surface area is 121 Å². The first kappa shape index (κ1) is 12.2. The Morgan fingerprint density at radius 3 is 1.57 bits per heavy atom. The normalized spacial score (nSPS) is 12.2. The van der Waals surface area contributed by atoms with E-state index in [0.29, 0.717) is 20.6 Å². The highest BCUT2D eigenvalue weighted by molar-refractivity contribution is 7.92. The van der Waals surface area contributed by atoms with Crippen LogP contribution in [-0.2, 0) is 9.84 Å². The highest BCUT2D eigenvalue weighted by Gasteiger charge is 2.24. The molecule has 0 aliphatic rings. The molecule has 4 aromatic rings. The number of rotatable bonds is 2. The molecule has 4 nitrogen and oxygen atoms in total. The van der Waals surface area contributed by atoms with Crippen molar-refractivity contribution in [2.75, 3.05) is 0 Å². The Hall–Kier alpha value is -2.53. The third kappa shape index (κ3) is 1.71. The number of hydrogen-bond acceptors (Lipinski definition) is 2. The molecule has 2 aromatic carbocycles. The lowest BCUT2D eigenvalue weighted by molar-refractivity contribution is 0.598. The van der Waals surface area contributed by atoms with Gasteiger partial charge in [0.2, 0.25) is 9.84 Å². The monoisotopic (exact) mass is 296 g/mol. The highest BCUT2D eigenvalue weighted by atomic mass is 32.2. The van der Waals surface area contributed by atoms with Gasteiger partial charge in [0.1, 0.15) is 0 Å². The lowest BCUT2D eigenvalue weighted by Crippen LogP contribution is -2.00. The van der Waals surface area contributed by atoms with E-state index in [2.05, 4.69) is 9.97 Å². The van der Waals surface area contributed by atoms with Crippen LogP contribution in [0, 0.1) is 0 Å². The minimum absolute atomic E-state index is 0.308. The predicted octanol–water partition coefficient (Wildman–Crippen LogP) is 3.48.